The zero-order chi connectivity index (χ0) is 22.6. The average molecular weight is 453 g/mol. The third kappa shape index (κ3) is 3.02. The van der Waals surface area contributed by atoms with E-state index in [0.29, 0.717) is 32.8 Å². The largest absolute Gasteiger partial charge is 0.494 e. The molecular weight excluding hydrogens is 433 g/mol. The molecule has 1 aliphatic rings. The number of rotatable bonds is 5. The van der Waals surface area contributed by atoms with E-state index in [1.807, 2.05) is 23.6 Å². The Bertz CT molecular complexity index is 1490. The van der Waals surface area contributed by atoms with Crippen LogP contribution in [0, 0.1) is 5.82 Å². The molecular formula is C22H20FN5O3S. The van der Waals surface area contributed by atoms with Gasteiger partial charge in [-0.3, -0.25) is 14.2 Å². The molecule has 4 N–H and O–H groups in total. The molecule has 4 aromatic rings. The molecule has 0 spiro atoms. The Kier molecular flexibility index (Phi) is 4.83. The summed E-state index contributed by atoms with van der Waals surface area (Å²) in [5.41, 5.74) is 7.70. The first-order chi connectivity index (χ1) is 15.5. The maximum Gasteiger partial charge on any atom is 0.354 e. The van der Waals surface area contributed by atoms with Crippen LogP contribution in [0.25, 0.3) is 27.9 Å². The summed E-state index contributed by atoms with van der Waals surface area (Å²) in [6.45, 7) is 0.278. The average Bonchev–Trinajstić information content (AvgIpc) is 3.53. The van der Waals surface area contributed by atoms with Gasteiger partial charge in [0.15, 0.2) is 11.6 Å². The lowest BCUT2D eigenvalue weighted by Gasteiger charge is -2.17. The monoisotopic (exact) mass is 453 g/mol. The van der Waals surface area contributed by atoms with Gasteiger partial charge < -0.3 is 16.3 Å². The predicted octanol–water partition coefficient (Wildman–Crippen LogP) is 2.45. The van der Waals surface area contributed by atoms with Crippen molar-refractivity contribution in [2.24, 2.45) is 5.73 Å². The zero-order valence-electron chi connectivity index (χ0n) is 17.2. The quantitative estimate of drug-likeness (QED) is 0.448. The van der Waals surface area contributed by atoms with Crippen molar-refractivity contribution in [1.82, 2.24) is 14.1 Å². The Labute approximate surface area is 185 Å². The number of pyridine rings is 2. The van der Waals surface area contributed by atoms with Gasteiger partial charge in [0.05, 0.1) is 35.8 Å². The Morgan fingerprint density at radius 3 is 2.69 bits per heavy atom. The van der Waals surface area contributed by atoms with Gasteiger partial charge in [0.25, 0.3) is 5.56 Å². The van der Waals surface area contributed by atoms with Gasteiger partial charge >= 0.3 is 5.69 Å². The van der Waals surface area contributed by atoms with Crippen LogP contribution in [0.4, 0.5) is 4.39 Å². The Hall–Kier alpha value is -3.50. The van der Waals surface area contributed by atoms with Crippen LogP contribution in [0.2, 0.25) is 0 Å². The molecule has 4 heterocycles. The second-order valence-electron chi connectivity index (χ2n) is 7.67. The van der Waals surface area contributed by atoms with Crippen molar-refractivity contribution in [2.75, 3.05) is 13.0 Å². The van der Waals surface area contributed by atoms with E-state index < -0.39 is 17.1 Å². The fourth-order valence-corrected chi connectivity index (χ4v) is 4.87. The van der Waals surface area contributed by atoms with Crippen LogP contribution in [-0.2, 0) is 6.54 Å². The molecule has 0 aliphatic heterocycles. The number of thiophene rings is 1. The summed E-state index contributed by atoms with van der Waals surface area (Å²) >= 11 is 1.39. The summed E-state index contributed by atoms with van der Waals surface area (Å²) in [7, 11) is 1.40. The lowest BCUT2D eigenvalue weighted by Crippen LogP contribution is -2.44. The van der Waals surface area contributed by atoms with Crippen molar-refractivity contribution in [3.8, 4) is 28.1 Å². The van der Waals surface area contributed by atoms with Gasteiger partial charge in [-0.2, -0.15) is 16.0 Å². The summed E-state index contributed by atoms with van der Waals surface area (Å²) < 4.78 is 22.8. The van der Waals surface area contributed by atoms with Gasteiger partial charge in [0, 0.05) is 23.1 Å². The lowest BCUT2D eigenvalue weighted by atomic mass is 9.99. The molecule has 8 nitrogen and oxygen atoms in total. The number of nitrogens with zero attached hydrogens (tertiary/aromatic N) is 3. The van der Waals surface area contributed by atoms with Crippen LogP contribution in [0.15, 0.2) is 44.7 Å². The molecule has 0 atom stereocenters. The maximum absolute atomic E-state index is 15.5. The van der Waals surface area contributed by atoms with Crippen molar-refractivity contribution >= 4 is 16.9 Å². The number of aromatic nitrogens is 3. The standard InChI is InChI=1S/C22H20FN5O3S/c1-31-20-18(14-10-32-9-13(14)16-4-2-3-12(7-24)26-16)15(23)8-27-19(20)17(11-5-6-11)21(29)28(25)22(27)30/h2-4,8-11H,5-7,24-25H2,1H3. The minimum Gasteiger partial charge on any atom is -0.494 e. The molecule has 164 valence electrons. The number of nitrogen functional groups attached to an aromatic ring is 1. The van der Waals surface area contributed by atoms with Crippen LogP contribution in [0.1, 0.15) is 30.0 Å². The first-order valence-electron chi connectivity index (χ1n) is 10.0. The van der Waals surface area contributed by atoms with E-state index in [2.05, 4.69) is 4.98 Å². The Balaban J connectivity index is 1.86. The number of hydrogen-bond donors (Lipinski definition) is 2. The molecule has 0 amide bonds. The SMILES string of the molecule is COc1c(-c2cscc2-c2cccc(CN)n2)c(F)cn2c(=O)n(N)c(=O)c(C3CC3)c12. The summed E-state index contributed by atoms with van der Waals surface area (Å²) in [4.78, 5) is 30.1. The minimum absolute atomic E-state index is 0.0510. The second-order valence-corrected chi connectivity index (χ2v) is 8.41. The zero-order valence-corrected chi connectivity index (χ0v) is 18.0. The van der Waals surface area contributed by atoms with E-state index in [1.54, 1.807) is 5.38 Å². The van der Waals surface area contributed by atoms with Crippen LogP contribution in [0.3, 0.4) is 0 Å². The summed E-state index contributed by atoms with van der Waals surface area (Å²) in [5.74, 6) is 5.10. The van der Waals surface area contributed by atoms with Crippen LogP contribution in [-0.4, -0.2) is 21.2 Å². The van der Waals surface area contributed by atoms with Gasteiger partial charge in [-0.1, -0.05) is 6.07 Å². The molecule has 0 unspecified atom stereocenters. The molecule has 0 aromatic carbocycles. The first-order valence-corrected chi connectivity index (χ1v) is 11.0. The van der Waals surface area contributed by atoms with Gasteiger partial charge in [-0.25, -0.2) is 9.18 Å². The number of nitrogens with two attached hydrogens (primary N) is 2. The molecule has 5 rings (SSSR count). The highest BCUT2D eigenvalue weighted by atomic mass is 32.1. The second kappa shape index (κ2) is 7.57. The molecule has 10 heteroatoms. The molecule has 1 fully saturated rings. The van der Waals surface area contributed by atoms with Crippen LogP contribution >= 0.6 is 11.3 Å². The Morgan fingerprint density at radius 1 is 1.25 bits per heavy atom. The highest BCUT2D eigenvalue weighted by Crippen LogP contribution is 2.46. The van der Waals surface area contributed by atoms with Gasteiger partial charge in [-0.05, 0) is 36.3 Å². The highest BCUT2D eigenvalue weighted by Gasteiger charge is 2.33. The van der Waals surface area contributed by atoms with E-state index in [4.69, 9.17) is 16.3 Å². The van der Waals surface area contributed by atoms with E-state index in [9.17, 15) is 9.59 Å². The molecule has 0 bridgehead atoms. The molecule has 4 aromatic heterocycles. The van der Waals surface area contributed by atoms with Crippen LogP contribution in [0.5, 0.6) is 5.75 Å². The summed E-state index contributed by atoms with van der Waals surface area (Å²) in [6.07, 6.45) is 2.65. The van der Waals surface area contributed by atoms with Crippen molar-refractivity contribution in [2.45, 2.75) is 25.3 Å². The lowest BCUT2D eigenvalue weighted by molar-refractivity contribution is 0.414. The van der Waals surface area contributed by atoms with Crippen molar-refractivity contribution in [1.29, 1.82) is 0 Å². The first kappa shape index (κ1) is 20.4. The molecule has 32 heavy (non-hydrogen) atoms. The minimum atomic E-state index is -0.832. The fourth-order valence-electron chi connectivity index (χ4n) is 4.04. The number of ether oxygens (including phenoxy) is 1. The van der Waals surface area contributed by atoms with Crippen LogP contribution < -0.4 is 27.6 Å². The normalized spacial score (nSPS) is 13.6. The molecule has 1 saturated carbocycles. The summed E-state index contributed by atoms with van der Waals surface area (Å²) in [5, 5.41) is 3.66. The molecule has 1 aliphatic carbocycles. The number of halogens is 1. The predicted molar refractivity (Wildman–Crippen MR) is 121 cm³/mol. The summed E-state index contributed by atoms with van der Waals surface area (Å²) in [6, 6.07) is 5.48. The van der Waals surface area contributed by atoms with E-state index in [1.165, 1.54) is 18.4 Å². The molecule has 0 saturated heterocycles. The third-order valence-corrected chi connectivity index (χ3v) is 6.44. The van der Waals surface area contributed by atoms with Crippen molar-refractivity contribution < 1.29 is 9.13 Å². The molecule has 0 radical (unpaired) electrons. The van der Waals surface area contributed by atoms with Gasteiger partial charge in [-0.15, -0.1) is 0 Å². The maximum atomic E-state index is 15.5. The van der Waals surface area contributed by atoms with Crippen molar-refractivity contribution in [3.63, 3.8) is 0 Å². The topological polar surface area (TPSA) is 118 Å². The Morgan fingerprint density at radius 2 is 2.00 bits per heavy atom. The smallest absolute Gasteiger partial charge is 0.354 e. The fraction of sp³-hybridized carbons (Fsp3) is 0.227. The number of hydrogen-bond acceptors (Lipinski definition) is 7. The highest BCUT2D eigenvalue weighted by molar-refractivity contribution is 7.08. The van der Waals surface area contributed by atoms with E-state index in [-0.39, 0.29) is 29.3 Å². The third-order valence-electron chi connectivity index (χ3n) is 5.69. The number of methoxy groups -OCH3 is 1. The van der Waals surface area contributed by atoms with Gasteiger partial charge in [0.2, 0.25) is 0 Å². The van der Waals surface area contributed by atoms with E-state index >= 15 is 4.39 Å². The van der Waals surface area contributed by atoms with Gasteiger partial charge in [0.1, 0.15) is 5.52 Å². The van der Waals surface area contributed by atoms with E-state index in [0.717, 1.165) is 23.4 Å². The van der Waals surface area contributed by atoms with Crippen molar-refractivity contribution in [3.05, 3.63) is 73.1 Å². The number of fused-ring (bicyclic) bond motifs is 1.